The van der Waals surface area contributed by atoms with Gasteiger partial charge in [-0.3, -0.25) is 14.4 Å². The van der Waals surface area contributed by atoms with Crippen LogP contribution < -0.4 is 10.5 Å². The van der Waals surface area contributed by atoms with E-state index in [0.717, 1.165) is 48.2 Å². The molecule has 8 nitrogen and oxygen atoms in total. The van der Waals surface area contributed by atoms with Gasteiger partial charge in [0.15, 0.2) is 0 Å². The van der Waals surface area contributed by atoms with Gasteiger partial charge in [0.1, 0.15) is 12.1 Å². The summed E-state index contributed by atoms with van der Waals surface area (Å²) in [6.45, 7) is 8.65. The first-order valence-corrected chi connectivity index (χ1v) is 13.1. The fourth-order valence-electron chi connectivity index (χ4n) is 5.39. The van der Waals surface area contributed by atoms with Gasteiger partial charge in [-0.2, -0.15) is 10.4 Å². The van der Waals surface area contributed by atoms with E-state index in [1.54, 1.807) is 39.9 Å². The van der Waals surface area contributed by atoms with Crippen molar-refractivity contribution in [3.8, 4) is 6.07 Å². The van der Waals surface area contributed by atoms with Crippen molar-refractivity contribution < 1.29 is 0 Å². The Morgan fingerprint density at radius 1 is 1.20 bits per heavy atom. The molecule has 9 heteroatoms. The van der Waals surface area contributed by atoms with Crippen LogP contribution in [0.4, 0.5) is 5.69 Å². The summed E-state index contributed by atoms with van der Waals surface area (Å²) in [4.78, 5) is 22.3. The minimum Gasteiger partial charge on any atom is -0.364 e. The summed E-state index contributed by atoms with van der Waals surface area (Å²) in [6.07, 6.45) is 3.77. The molecule has 1 aliphatic heterocycles. The average Bonchev–Trinajstić information content (AvgIpc) is 3.52. The fraction of sp³-hybridized carbons (Fsp3) is 0.462. The highest BCUT2D eigenvalue weighted by Gasteiger charge is 2.36. The van der Waals surface area contributed by atoms with E-state index in [1.165, 1.54) is 10.3 Å². The van der Waals surface area contributed by atoms with Crippen LogP contribution in [0.2, 0.25) is 0 Å². The van der Waals surface area contributed by atoms with Crippen LogP contribution in [0.1, 0.15) is 45.2 Å². The molecule has 1 unspecified atom stereocenters. The molecule has 182 valence electrons. The maximum atomic E-state index is 12.9. The normalized spacial score (nSPS) is 19.9. The van der Waals surface area contributed by atoms with E-state index >= 15 is 0 Å². The number of hydrogen-bond acceptors (Lipinski definition) is 7. The molecule has 3 aromatic heterocycles. The lowest BCUT2D eigenvalue weighted by Crippen LogP contribution is -2.58. The largest absolute Gasteiger partial charge is 0.364 e. The van der Waals surface area contributed by atoms with Gasteiger partial charge in [-0.05, 0) is 37.5 Å². The quantitative estimate of drug-likeness (QED) is 0.401. The Morgan fingerprint density at radius 3 is 2.74 bits per heavy atom. The first-order valence-electron chi connectivity index (χ1n) is 12.2. The Kier molecular flexibility index (Phi) is 6.34. The third kappa shape index (κ3) is 4.11. The van der Waals surface area contributed by atoms with Crippen LogP contribution in [0.25, 0.3) is 21.3 Å². The number of aryl methyl sites for hydroxylation is 1. The highest BCUT2D eigenvalue weighted by Crippen LogP contribution is 2.35. The molecule has 1 fully saturated rings. The Labute approximate surface area is 209 Å². The Bertz CT molecular complexity index is 1460. The van der Waals surface area contributed by atoms with Crippen LogP contribution in [0, 0.1) is 11.3 Å². The predicted molar refractivity (Wildman–Crippen MR) is 141 cm³/mol. The zero-order valence-corrected chi connectivity index (χ0v) is 21.5. The molecule has 1 saturated heterocycles. The first kappa shape index (κ1) is 23.5. The Hall–Kier alpha value is -3.22. The molecule has 0 amide bonds. The van der Waals surface area contributed by atoms with Crippen LogP contribution in [-0.2, 0) is 13.6 Å². The molecule has 5 rings (SSSR count). The summed E-state index contributed by atoms with van der Waals surface area (Å²) in [7, 11) is 1.76. The van der Waals surface area contributed by atoms with Gasteiger partial charge in [0, 0.05) is 44.3 Å². The highest BCUT2D eigenvalue weighted by atomic mass is 32.1. The van der Waals surface area contributed by atoms with E-state index < -0.39 is 0 Å². The van der Waals surface area contributed by atoms with Gasteiger partial charge in [0.2, 0.25) is 0 Å². The fourth-order valence-corrected chi connectivity index (χ4v) is 6.11. The number of aromatic nitrogens is 4. The third-order valence-corrected chi connectivity index (χ3v) is 8.29. The van der Waals surface area contributed by atoms with Crippen LogP contribution >= 0.6 is 11.3 Å². The van der Waals surface area contributed by atoms with Crippen LogP contribution in [0.15, 0.2) is 40.8 Å². The standard InChI is InChI=1S/C26H31N7OS/c1-5-19-14-33(22-12-25(34)30(4)23-15-31(10-9-27)29-26(22)23)20(6-2)13-32(19)17(3)18-7-8-21-24(11-18)35-16-28-21/h7-8,11-12,15-17,19-20H,5-6,10,13-14H2,1-4H3/t17?,19-,20+/m1/s1. The topological polar surface area (TPSA) is 83.0 Å². The molecule has 3 atom stereocenters. The zero-order valence-electron chi connectivity index (χ0n) is 20.7. The summed E-state index contributed by atoms with van der Waals surface area (Å²) < 4.78 is 4.47. The molecule has 0 radical (unpaired) electrons. The molecule has 4 heterocycles. The van der Waals surface area contributed by atoms with Gasteiger partial charge in [-0.25, -0.2) is 4.98 Å². The molecule has 0 spiro atoms. The molecule has 4 aromatic rings. The van der Waals surface area contributed by atoms with E-state index in [4.69, 9.17) is 10.4 Å². The second-order valence-electron chi connectivity index (χ2n) is 9.37. The number of pyridine rings is 1. The zero-order chi connectivity index (χ0) is 24.7. The maximum absolute atomic E-state index is 12.9. The number of nitrogens with zero attached hydrogens (tertiary/aromatic N) is 7. The minimum absolute atomic E-state index is 0.0550. The lowest BCUT2D eigenvalue weighted by atomic mass is 9.96. The van der Waals surface area contributed by atoms with Gasteiger partial charge < -0.3 is 9.47 Å². The van der Waals surface area contributed by atoms with E-state index in [1.807, 2.05) is 5.51 Å². The molecule has 0 saturated carbocycles. The number of thiazole rings is 1. The van der Waals surface area contributed by atoms with Gasteiger partial charge in [0.05, 0.1) is 39.2 Å². The van der Waals surface area contributed by atoms with Crippen molar-refractivity contribution in [2.75, 3.05) is 18.0 Å². The van der Waals surface area contributed by atoms with E-state index in [-0.39, 0.29) is 24.2 Å². The molecular weight excluding hydrogens is 458 g/mol. The molecule has 0 N–H and O–H groups in total. The monoisotopic (exact) mass is 489 g/mol. The van der Waals surface area contributed by atoms with Crippen molar-refractivity contribution in [2.24, 2.45) is 7.05 Å². The second-order valence-corrected chi connectivity index (χ2v) is 10.3. The lowest BCUT2D eigenvalue weighted by molar-refractivity contribution is 0.101. The SMILES string of the molecule is CC[C@H]1CN(C(C)c2ccc3ncsc3c2)[C@H](CC)CN1c1cc(=O)n(C)c2cn(CC#N)nc12. The summed E-state index contributed by atoms with van der Waals surface area (Å²) in [6, 6.07) is 11.4. The number of hydrogen-bond donors (Lipinski definition) is 0. The number of fused-ring (bicyclic) bond motifs is 2. The van der Waals surface area contributed by atoms with E-state index in [9.17, 15) is 4.79 Å². The van der Waals surface area contributed by atoms with Crippen LogP contribution in [0.3, 0.4) is 0 Å². The van der Waals surface area contributed by atoms with Crippen LogP contribution in [0.5, 0.6) is 0 Å². The molecular formula is C26H31N7OS. The minimum atomic E-state index is -0.0550. The first-order chi connectivity index (χ1) is 16.9. The Balaban J connectivity index is 1.51. The van der Waals surface area contributed by atoms with Gasteiger partial charge in [0.25, 0.3) is 5.56 Å². The molecule has 1 aliphatic rings. The predicted octanol–water partition coefficient (Wildman–Crippen LogP) is 4.31. The summed E-state index contributed by atoms with van der Waals surface area (Å²) in [5.74, 6) is 0. The maximum Gasteiger partial charge on any atom is 0.252 e. The highest BCUT2D eigenvalue weighted by molar-refractivity contribution is 7.16. The molecule has 0 aliphatic carbocycles. The average molecular weight is 490 g/mol. The second kappa shape index (κ2) is 9.44. The lowest BCUT2D eigenvalue weighted by Gasteiger charge is -2.49. The summed E-state index contributed by atoms with van der Waals surface area (Å²) in [5.41, 5.74) is 6.65. The van der Waals surface area contributed by atoms with Crippen molar-refractivity contribution in [3.63, 3.8) is 0 Å². The summed E-state index contributed by atoms with van der Waals surface area (Å²) >= 11 is 1.69. The van der Waals surface area contributed by atoms with E-state index in [0.29, 0.717) is 6.04 Å². The van der Waals surface area contributed by atoms with Gasteiger partial charge in [-0.15, -0.1) is 11.3 Å². The molecule has 35 heavy (non-hydrogen) atoms. The van der Waals surface area contributed by atoms with Crippen molar-refractivity contribution in [1.82, 2.24) is 24.2 Å². The van der Waals surface area contributed by atoms with Crippen molar-refractivity contribution >= 4 is 38.3 Å². The van der Waals surface area contributed by atoms with Crippen molar-refractivity contribution in [1.29, 1.82) is 5.26 Å². The number of rotatable bonds is 6. The smallest absolute Gasteiger partial charge is 0.252 e. The number of nitriles is 1. The number of benzene rings is 1. The number of anilines is 1. The third-order valence-electron chi connectivity index (χ3n) is 7.50. The van der Waals surface area contributed by atoms with E-state index in [2.05, 4.69) is 59.8 Å². The van der Waals surface area contributed by atoms with Crippen molar-refractivity contribution in [2.45, 2.75) is 58.3 Å². The van der Waals surface area contributed by atoms with Gasteiger partial charge in [-0.1, -0.05) is 19.9 Å². The van der Waals surface area contributed by atoms with Crippen LogP contribution in [-0.4, -0.2) is 49.4 Å². The summed E-state index contributed by atoms with van der Waals surface area (Å²) in [5, 5.41) is 13.9. The van der Waals surface area contributed by atoms with Gasteiger partial charge >= 0.3 is 0 Å². The molecule has 0 bridgehead atoms. The molecule has 1 aromatic carbocycles. The Morgan fingerprint density at radius 2 is 2.00 bits per heavy atom. The number of piperazine rings is 1. The van der Waals surface area contributed by atoms with Crippen molar-refractivity contribution in [3.05, 3.63) is 51.9 Å².